The van der Waals surface area contributed by atoms with Crippen LogP contribution >= 0.6 is 0 Å². The highest BCUT2D eigenvalue weighted by Crippen LogP contribution is 2.55. The first-order valence-corrected chi connectivity index (χ1v) is 17.0. The van der Waals surface area contributed by atoms with Crippen LogP contribution in [0.5, 0.6) is 0 Å². The molecular formula is C47H37N. The minimum Gasteiger partial charge on any atom is -0.310 e. The third-order valence-electron chi connectivity index (χ3n) is 11.0. The van der Waals surface area contributed by atoms with Crippen molar-refractivity contribution in [2.45, 2.75) is 31.6 Å². The number of para-hydroxylation sites is 1. The highest BCUT2D eigenvalue weighted by Gasteiger charge is 2.41. The monoisotopic (exact) mass is 615 g/mol. The van der Waals surface area contributed by atoms with Crippen LogP contribution in [0, 0.1) is 0 Å². The standard InChI is InChI=1S/C47H37N/c1-46(2)41-23-13-10-21-37(41)39-28-26-35(31-44(39)46)48(45-25-15-12-20-36(45)32-16-6-4-7-17-32)34-27-29-43-40(30-34)38-22-11-14-24-42(38)47(43,3)33-18-8-5-9-19-33/h4-31H,1-3H3. The number of fused-ring (bicyclic) bond motifs is 6. The summed E-state index contributed by atoms with van der Waals surface area (Å²) in [4.78, 5) is 2.47. The highest BCUT2D eigenvalue weighted by molar-refractivity contribution is 5.93. The second-order valence-electron chi connectivity index (χ2n) is 13.9. The predicted molar refractivity (Wildman–Crippen MR) is 202 cm³/mol. The van der Waals surface area contributed by atoms with Crippen molar-refractivity contribution in [3.8, 4) is 33.4 Å². The average molecular weight is 616 g/mol. The van der Waals surface area contributed by atoms with Crippen molar-refractivity contribution in [3.05, 3.63) is 198 Å². The second kappa shape index (κ2) is 10.7. The van der Waals surface area contributed by atoms with Gasteiger partial charge in [-0.15, -0.1) is 0 Å². The average Bonchev–Trinajstić information content (AvgIpc) is 3.54. The Balaban J connectivity index is 1.28. The second-order valence-corrected chi connectivity index (χ2v) is 13.9. The Labute approximate surface area is 283 Å². The summed E-state index contributed by atoms with van der Waals surface area (Å²) in [6, 6.07) is 62.6. The molecule has 0 saturated heterocycles. The number of hydrogen-bond acceptors (Lipinski definition) is 1. The number of rotatable bonds is 5. The van der Waals surface area contributed by atoms with E-state index in [4.69, 9.17) is 0 Å². The summed E-state index contributed by atoms with van der Waals surface area (Å²) in [6.07, 6.45) is 0. The van der Waals surface area contributed by atoms with Gasteiger partial charge in [-0.05, 0) is 92.9 Å². The molecule has 0 aromatic heterocycles. The van der Waals surface area contributed by atoms with Crippen LogP contribution in [0.25, 0.3) is 33.4 Å². The van der Waals surface area contributed by atoms with Gasteiger partial charge in [0, 0.05) is 27.8 Å². The number of nitrogens with zero attached hydrogens (tertiary/aromatic N) is 1. The lowest BCUT2D eigenvalue weighted by molar-refractivity contribution is 0.660. The molecule has 0 heterocycles. The van der Waals surface area contributed by atoms with E-state index in [1.165, 1.54) is 61.2 Å². The zero-order valence-corrected chi connectivity index (χ0v) is 27.6. The Kier molecular flexibility index (Phi) is 6.36. The van der Waals surface area contributed by atoms with Gasteiger partial charge in [-0.25, -0.2) is 0 Å². The molecule has 7 aromatic rings. The summed E-state index contributed by atoms with van der Waals surface area (Å²) in [7, 11) is 0. The topological polar surface area (TPSA) is 3.24 Å². The third-order valence-corrected chi connectivity index (χ3v) is 11.0. The quantitative estimate of drug-likeness (QED) is 0.186. The van der Waals surface area contributed by atoms with Gasteiger partial charge in [0.05, 0.1) is 5.69 Å². The van der Waals surface area contributed by atoms with Crippen LogP contribution in [0.4, 0.5) is 17.1 Å². The van der Waals surface area contributed by atoms with Crippen molar-refractivity contribution in [1.82, 2.24) is 0 Å². The molecule has 9 rings (SSSR count). The molecule has 0 N–H and O–H groups in total. The van der Waals surface area contributed by atoms with Crippen molar-refractivity contribution < 1.29 is 0 Å². The van der Waals surface area contributed by atoms with Crippen molar-refractivity contribution >= 4 is 17.1 Å². The van der Waals surface area contributed by atoms with E-state index >= 15 is 0 Å². The van der Waals surface area contributed by atoms with Gasteiger partial charge in [0.25, 0.3) is 0 Å². The molecule has 48 heavy (non-hydrogen) atoms. The van der Waals surface area contributed by atoms with E-state index in [1.807, 2.05) is 0 Å². The molecule has 1 unspecified atom stereocenters. The zero-order valence-electron chi connectivity index (χ0n) is 27.6. The van der Waals surface area contributed by atoms with E-state index in [0.29, 0.717) is 0 Å². The summed E-state index contributed by atoms with van der Waals surface area (Å²) in [6.45, 7) is 7.11. The van der Waals surface area contributed by atoms with Crippen molar-refractivity contribution in [3.63, 3.8) is 0 Å². The molecule has 1 heteroatoms. The largest absolute Gasteiger partial charge is 0.310 e. The lowest BCUT2D eigenvalue weighted by Gasteiger charge is -2.31. The molecule has 1 nitrogen and oxygen atoms in total. The fourth-order valence-electron chi connectivity index (χ4n) is 8.50. The van der Waals surface area contributed by atoms with Crippen LogP contribution in [-0.4, -0.2) is 0 Å². The maximum absolute atomic E-state index is 2.47. The van der Waals surface area contributed by atoms with E-state index in [9.17, 15) is 0 Å². The normalized spacial score (nSPS) is 16.5. The molecule has 230 valence electrons. The minimum absolute atomic E-state index is 0.0963. The number of benzene rings is 7. The summed E-state index contributed by atoms with van der Waals surface area (Å²) in [5, 5.41) is 0. The van der Waals surface area contributed by atoms with E-state index < -0.39 is 0 Å². The molecule has 0 saturated carbocycles. The maximum Gasteiger partial charge on any atom is 0.0540 e. The molecule has 0 fully saturated rings. The van der Waals surface area contributed by atoms with E-state index in [2.05, 4.69) is 196 Å². The van der Waals surface area contributed by atoms with Crippen LogP contribution in [0.15, 0.2) is 170 Å². The first-order chi connectivity index (χ1) is 23.5. The van der Waals surface area contributed by atoms with Gasteiger partial charge in [-0.2, -0.15) is 0 Å². The van der Waals surface area contributed by atoms with E-state index in [0.717, 1.165) is 17.1 Å². The van der Waals surface area contributed by atoms with Gasteiger partial charge >= 0.3 is 0 Å². The summed E-state index contributed by atoms with van der Waals surface area (Å²) < 4.78 is 0. The van der Waals surface area contributed by atoms with Crippen molar-refractivity contribution in [2.75, 3.05) is 4.90 Å². The molecule has 2 aliphatic carbocycles. The molecule has 1 atom stereocenters. The third kappa shape index (κ3) is 4.10. The van der Waals surface area contributed by atoms with Gasteiger partial charge in [0.1, 0.15) is 0 Å². The SMILES string of the molecule is CC1(C)c2ccccc2-c2ccc(N(c3ccc4c(c3)-c3ccccc3C4(C)c3ccccc3)c3ccccc3-c3ccccc3)cc21. The highest BCUT2D eigenvalue weighted by atomic mass is 15.1. The lowest BCUT2D eigenvalue weighted by Crippen LogP contribution is -2.22. The first-order valence-electron chi connectivity index (χ1n) is 17.0. The van der Waals surface area contributed by atoms with Crippen LogP contribution < -0.4 is 4.90 Å². The predicted octanol–water partition coefficient (Wildman–Crippen LogP) is 12.5. The molecule has 0 aliphatic heterocycles. The number of anilines is 3. The Morgan fingerprint density at radius 2 is 0.896 bits per heavy atom. The van der Waals surface area contributed by atoms with Crippen molar-refractivity contribution in [2.24, 2.45) is 0 Å². The van der Waals surface area contributed by atoms with Crippen LogP contribution in [-0.2, 0) is 10.8 Å². The van der Waals surface area contributed by atoms with Gasteiger partial charge < -0.3 is 4.90 Å². The van der Waals surface area contributed by atoms with E-state index in [1.54, 1.807) is 0 Å². The molecule has 0 radical (unpaired) electrons. The fourth-order valence-corrected chi connectivity index (χ4v) is 8.50. The first kappa shape index (κ1) is 28.6. The smallest absolute Gasteiger partial charge is 0.0540 e. The van der Waals surface area contributed by atoms with Gasteiger partial charge in [-0.3, -0.25) is 0 Å². The van der Waals surface area contributed by atoms with Crippen LogP contribution in [0.3, 0.4) is 0 Å². The van der Waals surface area contributed by atoms with Gasteiger partial charge in [0.15, 0.2) is 0 Å². The van der Waals surface area contributed by atoms with Crippen molar-refractivity contribution in [1.29, 1.82) is 0 Å². The summed E-state index contributed by atoms with van der Waals surface area (Å²) in [5.41, 5.74) is 17.6. The Morgan fingerprint density at radius 3 is 1.65 bits per heavy atom. The minimum atomic E-state index is -0.234. The van der Waals surface area contributed by atoms with E-state index in [-0.39, 0.29) is 10.8 Å². The number of hydrogen-bond donors (Lipinski definition) is 0. The Morgan fingerprint density at radius 1 is 0.375 bits per heavy atom. The molecule has 0 spiro atoms. The molecule has 2 aliphatic rings. The maximum atomic E-state index is 2.47. The molecule has 7 aromatic carbocycles. The molecular weight excluding hydrogens is 579 g/mol. The fraction of sp³-hybridized carbons (Fsp3) is 0.106. The summed E-state index contributed by atoms with van der Waals surface area (Å²) in [5.74, 6) is 0. The van der Waals surface area contributed by atoms with Gasteiger partial charge in [-0.1, -0.05) is 153 Å². The summed E-state index contributed by atoms with van der Waals surface area (Å²) >= 11 is 0. The Bertz CT molecular complexity index is 2330. The zero-order chi connectivity index (χ0) is 32.5. The molecule has 0 bridgehead atoms. The lowest BCUT2D eigenvalue weighted by atomic mass is 9.74. The molecule has 0 amide bonds. The van der Waals surface area contributed by atoms with Gasteiger partial charge in [0.2, 0.25) is 0 Å². The van der Waals surface area contributed by atoms with Crippen LogP contribution in [0.1, 0.15) is 48.6 Å². The van der Waals surface area contributed by atoms with Crippen LogP contribution in [0.2, 0.25) is 0 Å². The Hall–Kier alpha value is -5.66.